The Hall–Kier alpha value is -0.610. The van der Waals surface area contributed by atoms with E-state index < -0.39 is 0 Å². The number of morpholine rings is 1. The fraction of sp³-hybridized carbons (Fsp3) is 0.833. The average Bonchev–Trinajstić information content (AvgIpc) is 2.05. The number of amides is 1. The Balaban J connectivity index is 2.31. The smallest absolute Gasteiger partial charge is 0.239 e. The number of likely N-dealkylation sites (N-methyl/N-ethyl adjacent to an activating group) is 1. The predicted molar refractivity (Wildman–Crippen MR) is 36.7 cm³/mol. The third kappa shape index (κ3) is 1.68. The lowest BCUT2D eigenvalue weighted by Crippen LogP contribution is -2.50. The summed E-state index contributed by atoms with van der Waals surface area (Å²) in [4.78, 5) is 10.9. The number of ether oxygens (including phenoxy) is 1. The quantitative estimate of drug-likeness (QED) is 0.482. The molecular formula is C6H12N2O2. The van der Waals surface area contributed by atoms with Gasteiger partial charge in [-0.25, -0.2) is 0 Å². The van der Waals surface area contributed by atoms with Gasteiger partial charge >= 0.3 is 0 Å². The Kier molecular flexibility index (Phi) is 2.65. The molecule has 0 bridgehead atoms. The van der Waals surface area contributed by atoms with Gasteiger partial charge < -0.3 is 15.4 Å². The normalized spacial score (nSPS) is 25.9. The first-order valence-corrected chi connectivity index (χ1v) is 3.37. The van der Waals surface area contributed by atoms with Crippen molar-refractivity contribution in [1.82, 2.24) is 10.6 Å². The topological polar surface area (TPSA) is 50.4 Å². The van der Waals surface area contributed by atoms with Crippen LogP contribution in [0.25, 0.3) is 0 Å². The van der Waals surface area contributed by atoms with Gasteiger partial charge in [-0.15, -0.1) is 0 Å². The van der Waals surface area contributed by atoms with E-state index in [1.165, 1.54) is 0 Å². The van der Waals surface area contributed by atoms with Crippen molar-refractivity contribution in [3.05, 3.63) is 0 Å². The molecule has 4 nitrogen and oxygen atoms in total. The molecule has 1 aliphatic rings. The van der Waals surface area contributed by atoms with Crippen LogP contribution in [0.15, 0.2) is 0 Å². The van der Waals surface area contributed by atoms with E-state index in [-0.39, 0.29) is 11.9 Å². The monoisotopic (exact) mass is 144 g/mol. The van der Waals surface area contributed by atoms with E-state index in [2.05, 4.69) is 10.6 Å². The summed E-state index contributed by atoms with van der Waals surface area (Å²) in [6, 6.07) is -0.154. The predicted octanol–water partition coefficient (Wildman–Crippen LogP) is -1.28. The molecule has 1 aliphatic heterocycles. The van der Waals surface area contributed by atoms with E-state index in [1.807, 2.05) is 0 Å². The summed E-state index contributed by atoms with van der Waals surface area (Å²) < 4.78 is 5.08. The van der Waals surface area contributed by atoms with Crippen molar-refractivity contribution in [3.63, 3.8) is 0 Å². The van der Waals surface area contributed by atoms with Crippen LogP contribution < -0.4 is 10.6 Å². The van der Waals surface area contributed by atoms with Crippen molar-refractivity contribution in [2.45, 2.75) is 6.04 Å². The number of hydrogen-bond donors (Lipinski definition) is 2. The number of nitrogens with one attached hydrogen (secondary N) is 2. The van der Waals surface area contributed by atoms with Gasteiger partial charge in [0.2, 0.25) is 5.91 Å². The third-order valence-electron chi connectivity index (χ3n) is 1.48. The SMILES string of the molecule is CNC(=O)[C@H]1COCCN1. The van der Waals surface area contributed by atoms with Gasteiger partial charge in [-0.05, 0) is 0 Å². The van der Waals surface area contributed by atoms with Crippen molar-refractivity contribution in [3.8, 4) is 0 Å². The van der Waals surface area contributed by atoms with E-state index in [0.717, 1.165) is 6.54 Å². The van der Waals surface area contributed by atoms with Crippen LogP contribution >= 0.6 is 0 Å². The molecule has 58 valence electrons. The van der Waals surface area contributed by atoms with Crippen LogP contribution in [0.3, 0.4) is 0 Å². The lowest BCUT2D eigenvalue weighted by atomic mass is 10.2. The molecule has 0 aromatic carbocycles. The van der Waals surface area contributed by atoms with Gasteiger partial charge in [-0.2, -0.15) is 0 Å². The highest BCUT2D eigenvalue weighted by molar-refractivity contribution is 5.81. The number of carbonyl (C=O) groups is 1. The maximum atomic E-state index is 10.9. The molecular weight excluding hydrogens is 132 g/mol. The van der Waals surface area contributed by atoms with E-state index in [9.17, 15) is 4.79 Å². The fourth-order valence-electron chi connectivity index (χ4n) is 0.908. The molecule has 0 aromatic rings. The lowest BCUT2D eigenvalue weighted by Gasteiger charge is -2.21. The first-order chi connectivity index (χ1) is 4.84. The van der Waals surface area contributed by atoms with Crippen LogP contribution in [0.2, 0.25) is 0 Å². The molecule has 0 aromatic heterocycles. The van der Waals surface area contributed by atoms with Gasteiger partial charge in [0.15, 0.2) is 0 Å². The fourth-order valence-corrected chi connectivity index (χ4v) is 0.908. The van der Waals surface area contributed by atoms with Gasteiger partial charge in [0, 0.05) is 13.6 Å². The molecule has 1 amide bonds. The van der Waals surface area contributed by atoms with Gasteiger partial charge in [-0.1, -0.05) is 0 Å². The first-order valence-electron chi connectivity index (χ1n) is 3.37. The zero-order valence-corrected chi connectivity index (χ0v) is 6.02. The molecule has 0 saturated carbocycles. The second-order valence-corrected chi connectivity index (χ2v) is 2.20. The molecule has 0 radical (unpaired) electrons. The molecule has 1 atom stereocenters. The molecule has 10 heavy (non-hydrogen) atoms. The number of hydrogen-bond acceptors (Lipinski definition) is 3. The first kappa shape index (κ1) is 7.50. The Morgan fingerprint density at radius 3 is 3.10 bits per heavy atom. The summed E-state index contributed by atoms with van der Waals surface area (Å²) in [5, 5.41) is 5.59. The number of rotatable bonds is 1. The zero-order chi connectivity index (χ0) is 7.40. The van der Waals surface area contributed by atoms with Crippen LogP contribution in [0.4, 0.5) is 0 Å². The summed E-state index contributed by atoms with van der Waals surface area (Å²) in [5.74, 6) is -0.000278. The summed E-state index contributed by atoms with van der Waals surface area (Å²) in [6.07, 6.45) is 0. The van der Waals surface area contributed by atoms with Crippen molar-refractivity contribution in [2.75, 3.05) is 26.8 Å². The van der Waals surface area contributed by atoms with Crippen LogP contribution in [-0.2, 0) is 9.53 Å². The molecule has 0 unspecified atom stereocenters. The molecule has 1 rings (SSSR count). The van der Waals surface area contributed by atoms with Gasteiger partial charge in [0.05, 0.1) is 13.2 Å². The van der Waals surface area contributed by atoms with E-state index in [1.54, 1.807) is 7.05 Å². The molecule has 4 heteroatoms. The van der Waals surface area contributed by atoms with Crippen LogP contribution in [0, 0.1) is 0 Å². The lowest BCUT2D eigenvalue weighted by molar-refractivity contribution is -0.125. The standard InChI is InChI=1S/C6H12N2O2/c1-7-6(9)5-4-10-3-2-8-5/h5,8H,2-4H2,1H3,(H,7,9)/t5-/m1/s1. The van der Waals surface area contributed by atoms with Crippen molar-refractivity contribution in [2.24, 2.45) is 0 Å². The summed E-state index contributed by atoms with van der Waals surface area (Å²) >= 11 is 0. The minimum Gasteiger partial charge on any atom is -0.378 e. The minimum atomic E-state index is -0.154. The molecule has 0 spiro atoms. The summed E-state index contributed by atoms with van der Waals surface area (Å²) in [6.45, 7) is 1.95. The van der Waals surface area contributed by atoms with Crippen molar-refractivity contribution >= 4 is 5.91 Å². The van der Waals surface area contributed by atoms with Gasteiger partial charge in [-0.3, -0.25) is 4.79 Å². The summed E-state index contributed by atoms with van der Waals surface area (Å²) in [7, 11) is 1.62. The minimum absolute atomic E-state index is 0.000278. The maximum absolute atomic E-state index is 10.9. The third-order valence-corrected chi connectivity index (χ3v) is 1.48. The summed E-state index contributed by atoms with van der Waals surface area (Å²) in [5.41, 5.74) is 0. The molecule has 0 aliphatic carbocycles. The zero-order valence-electron chi connectivity index (χ0n) is 6.02. The van der Waals surface area contributed by atoms with E-state index >= 15 is 0 Å². The Morgan fingerprint density at radius 1 is 1.80 bits per heavy atom. The largest absolute Gasteiger partial charge is 0.378 e. The average molecular weight is 144 g/mol. The molecule has 1 heterocycles. The van der Waals surface area contributed by atoms with Crippen LogP contribution in [-0.4, -0.2) is 38.8 Å². The Bertz CT molecular complexity index is 121. The van der Waals surface area contributed by atoms with Gasteiger partial charge in [0.1, 0.15) is 6.04 Å². The highest BCUT2D eigenvalue weighted by Crippen LogP contribution is 1.91. The number of carbonyl (C=O) groups excluding carboxylic acids is 1. The van der Waals surface area contributed by atoms with Crippen LogP contribution in [0.1, 0.15) is 0 Å². The van der Waals surface area contributed by atoms with Crippen molar-refractivity contribution in [1.29, 1.82) is 0 Å². The highest BCUT2D eigenvalue weighted by Gasteiger charge is 2.18. The van der Waals surface area contributed by atoms with E-state index in [0.29, 0.717) is 13.2 Å². The second kappa shape index (κ2) is 3.53. The van der Waals surface area contributed by atoms with Gasteiger partial charge in [0.25, 0.3) is 0 Å². The Morgan fingerprint density at radius 2 is 2.60 bits per heavy atom. The van der Waals surface area contributed by atoms with Crippen LogP contribution in [0.5, 0.6) is 0 Å². The van der Waals surface area contributed by atoms with E-state index in [4.69, 9.17) is 4.74 Å². The maximum Gasteiger partial charge on any atom is 0.239 e. The molecule has 1 saturated heterocycles. The van der Waals surface area contributed by atoms with Crippen molar-refractivity contribution < 1.29 is 9.53 Å². The Labute approximate surface area is 59.9 Å². The molecule has 1 fully saturated rings. The second-order valence-electron chi connectivity index (χ2n) is 2.20. The molecule has 2 N–H and O–H groups in total. The highest BCUT2D eigenvalue weighted by atomic mass is 16.5.